The number of nitrogens with zero attached hydrogens (tertiary/aromatic N) is 2. The van der Waals surface area contributed by atoms with E-state index in [1.807, 2.05) is 59.7 Å². The Bertz CT molecular complexity index is 920. The smallest absolute Gasteiger partial charge is 0.228 e. The minimum atomic E-state index is 0.0668. The molecule has 3 rings (SSSR count). The van der Waals surface area contributed by atoms with Gasteiger partial charge >= 0.3 is 0 Å². The fourth-order valence-corrected chi connectivity index (χ4v) is 3.63. The number of rotatable bonds is 10. The van der Waals surface area contributed by atoms with Gasteiger partial charge in [-0.25, -0.2) is 4.98 Å². The average Bonchev–Trinajstić information content (AvgIpc) is 3.18. The van der Waals surface area contributed by atoms with E-state index in [0.717, 1.165) is 22.9 Å². The maximum absolute atomic E-state index is 12.8. The first-order chi connectivity index (χ1) is 14.1. The first-order valence-corrected chi connectivity index (χ1v) is 10.6. The van der Waals surface area contributed by atoms with Crippen LogP contribution in [0.1, 0.15) is 21.8 Å². The van der Waals surface area contributed by atoms with Gasteiger partial charge in [0.1, 0.15) is 17.4 Å². The van der Waals surface area contributed by atoms with Crippen molar-refractivity contribution in [1.82, 2.24) is 9.88 Å². The van der Waals surface area contributed by atoms with Gasteiger partial charge in [0.15, 0.2) is 0 Å². The number of ether oxygens (including phenoxy) is 1. The third-order valence-corrected chi connectivity index (χ3v) is 5.40. The molecule has 3 aromatic rings. The highest BCUT2D eigenvalue weighted by molar-refractivity contribution is 7.09. The monoisotopic (exact) mass is 406 g/mol. The average molecular weight is 407 g/mol. The number of amides is 1. The fourth-order valence-electron chi connectivity index (χ4n) is 2.93. The summed E-state index contributed by atoms with van der Waals surface area (Å²) in [5.41, 5.74) is 3.21. The lowest BCUT2D eigenvalue weighted by molar-refractivity contribution is -0.130. The largest absolute Gasteiger partial charge is 0.486 e. The van der Waals surface area contributed by atoms with Crippen molar-refractivity contribution in [2.45, 2.75) is 26.4 Å². The number of carbonyl (C=O) groups excluding carboxylic acids is 1. The summed E-state index contributed by atoms with van der Waals surface area (Å²) >= 11 is 1.52. The standard InChI is InChI=1S/C24H26N2O2S/c1-3-14-26(15-13-20-7-5-4-6-8-20)24(27)16-21-18-29-23(25-21)17-28-22-11-9-19(2)10-12-22/h3-12,18H,1,13-17H2,2H3. The Morgan fingerprint density at radius 1 is 1.17 bits per heavy atom. The summed E-state index contributed by atoms with van der Waals surface area (Å²) in [6.07, 6.45) is 2.89. The van der Waals surface area contributed by atoms with Gasteiger partial charge in [-0.1, -0.05) is 54.1 Å². The third-order valence-electron chi connectivity index (χ3n) is 4.53. The maximum Gasteiger partial charge on any atom is 0.228 e. The highest BCUT2D eigenvalue weighted by Gasteiger charge is 2.15. The molecule has 0 unspecified atom stereocenters. The number of carbonyl (C=O) groups is 1. The van der Waals surface area contributed by atoms with Gasteiger partial charge < -0.3 is 9.64 Å². The van der Waals surface area contributed by atoms with Gasteiger partial charge in [0.2, 0.25) is 5.91 Å². The van der Waals surface area contributed by atoms with Crippen LogP contribution < -0.4 is 4.74 Å². The van der Waals surface area contributed by atoms with E-state index in [1.165, 1.54) is 22.5 Å². The number of hydrogen-bond donors (Lipinski definition) is 0. The summed E-state index contributed by atoms with van der Waals surface area (Å²) in [5, 5.41) is 2.81. The molecule has 0 fully saturated rings. The molecule has 150 valence electrons. The quantitative estimate of drug-likeness (QED) is 0.453. The van der Waals surface area contributed by atoms with E-state index in [0.29, 0.717) is 26.1 Å². The van der Waals surface area contributed by atoms with E-state index in [1.54, 1.807) is 6.08 Å². The van der Waals surface area contributed by atoms with Crippen LogP contribution >= 0.6 is 11.3 Å². The first-order valence-electron chi connectivity index (χ1n) is 9.69. The SMILES string of the molecule is C=CCN(CCc1ccccc1)C(=O)Cc1csc(COc2ccc(C)cc2)n1. The van der Waals surface area contributed by atoms with Crippen molar-refractivity contribution in [2.24, 2.45) is 0 Å². The molecule has 0 aliphatic rings. The highest BCUT2D eigenvalue weighted by atomic mass is 32.1. The summed E-state index contributed by atoms with van der Waals surface area (Å²) in [5.74, 6) is 0.888. The van der Waals surface area contributed by atoms with Gasteiger partial charge in [-0.15, -0.1) is 17.9 Å². The Labute approximate surface area is 176 Å². The van der Waals surface area contributed by atoms with E-state index in [2.05, 4.69) is 23.7 Å². The van der Waals surface area contributed by atoms with Crippen LogP contribution in [0.2, 0.25) is 0 Å². The van der Waals surface area contributed by atoms with Crippen molar-refractivity contribution in [3.8, 4) is 5.75 Å². The number of aromatic nitrogens is 1. The van der Waals surface area contributed by atoms with Crippen LogP contribution in [0.4, 0.5) is 0 Å². The Kier molecular flexibility index (Phi) is 7.59. The van der Waals surface area contributed by atoms with Crippen molar-refractivity contribution in [1.29, 1.82) is 0 Å². The normalized spacial score (nSPS) is 10.5. The Balaban J connectivity index is 1.52. The molecule has 4 nitrogen and oxygen atoms in total. The fraction of sp³-hybridized carbons (Fsp3) is 0.250. The number of aryl methyl sites for hydroxylation is 1. The lowest BCUT2D eigenvalue weighted by Crippen LogP contribution is -2.34. The summed E-state index contributed by atoms with van der Waals surface area (Å²) < 4.78 is 5.78. The molecule has 1 amide bonds. The molecule has 0 bridgehead atoms. The van der Waals surface area contributed by atoms with Crippen molar-refractivity contribution >= 4 is 17.2 Å². The molecule has 0 N–H and O–H groups in total. The van der Waals surface area contributed by atoms with E-state index in [9.17, 15) is 4.79 Å². The lowest BCUT2D eigenvalue weighted by Gasteiger charge is -2.21. The predicted octanol–water partition coefficient (Wildman–Crippen LogP) is 4.83. The molecular weight excluding hydrogens is 380 g/mol. The van der Waals surface area contributed by atoms with Crippen LogP contribution in [0.25, 0.3) is 0 Å². The van der Waals surface area contributed by atoms with Crippen molar-refractivity contribution in [2.75, 3.05) is 13.1 Å². The predicted molar refractivity (Wildman–Crippen MR) is 118 cm³/mol. The van der Waals surface area contributed by atoms with Crippen LogP contribution in [-0.2, 0) is 24.2 Å². The van der Waals surface area contributed by atoms with E-state index in [4.69, 9.17) is 4.74 Å². The summed E-state index contributed by atoms with van der Waals surface area (Å²) in [7, 11) is 0. The van der Waals surface area contributed by atoms with Crippen LogP contribution in [0.5, 0.6) is 5.75 Å². The van der Waals surface area contributed by atoms with Crippen LogP contribution in [0.15, 0.2) is 72.6 Å². The highest BCUT2D eigenvalue weighted by Crippen LogP contribution is 2.17. The van der Waals surface area contributed by atoms with Gasteiger partial charge in [-0.05, 0) is 31.0 Å². The Morgan fingerprint density at radius 3 is 2.66 bits per heavy atom. The molecule has 0 saturated heterocycles. The molecule has 0 atom stereocenters. The topological polar surface area (TPSA) is 42.4 Å². The van der Waals surface area contributed by atoms with Gasteiger partial charge in [-0.3, -0.25) is 4.79 Å². The van der Waals surface area contributed by atoms with Gasteiger partial charge in [0, 0.05) is 18.5 Å². The summed E-state index contributed by atoms with van der Waals surface area (Å²) in [6.45, 7) is 7.45. The van der Waals surface area contributed by atoms with Gasteiger partial charge in [-0.2, -0.15) is 0 Å². The first kappa shape index (κ1) is 20.8. The second-order valence-corrected chi connectivity index (χ2v) is 7.82. The Hall–Kier alpha value is -2.92. The second-order valence-electron chi connectivity index (χ2n) is 6.88. The van der Waals surface area contributed by atoms with Crippen LogP contribution in [0, 0.1) is 6.92 Å². The maximum atomic E-state index is 12.8. The molecule has 2 aromatic carbocycles. The molecule has 0 spiro atoms. The molecule has 29 heavy (non-hydrogen) atoms. The van der Waals surface area contributed by atoms with E-state index < -0.39 is 0 Å². The number of benzene rings is 2. The summed E-state index contributed by atoms with van der Waals surface area (Å²) in [4.78, 5) is 19.2. The van der Waals surface area contributed by atoms with Crippen LogP contribution in [-0.4, -0.2) is 28.9 Å². The minimum absolute atomic E-state index is 0.0668. The molecule has 1 heterocycles. The van der Waals surface area contributed by atoms with Crippen LogP contribution in [0.3, 0.4) is 0 Å². The minimum Gasteiger partial charge on any atom is -0.486 e. The van der Waals surface area contributed by atoms with E-state index >= 15 is 0 Å². The lowest BCUT2D eigenvalue weighted by atomic mass is 10.1. The number of hydrogen-bond acceptors (Lipinski definition) is 4. The zero-order valence-corrected chi connectivity index (χ0v) is 17.5. The molecule has 0 aliphatic heterocycles. The molecule has 5 heteroatoms. The third kappa shape index (κ3) is 6.57. The summed E-state index contributed by atoms with van der Waals surface area (Å²) in [6, 6.07) is 18.1. The second kappa shape index (κ2) is 10.6. The van der Waals surface area contributed by atoms with Crippen molar-refractivity contribution < 1.29 is 9.53 Å². The molecule has 1 aromatic heterocycles. The Morgan fingerprint density at radius 2 is 1.93 bits per heavy atom. The molecular formula is C24H26N2O2S. The molecule has 0 saturated carbocycles. The van der Waals surface area contributed by atoms with Gasteiger partial charge in [0.05, 0.1) is 12.1 Å². The zero-order valence-electron chi connectivity index (χ0n) is 16.7. The van der Waals surface area contributed by atoms with E-state index in [-0.39, 0.29) is 5.91 Å². The number of thiazole rings is 1. The van der Waals surface area contributed by atoms with Gasteiger partial charge in [0.25, 0.3) is 0 Å². The zero-order chi connectivity index (χ0) is 20.5. The molecule has 0 aliphatic carbocycles. The van der Waals surface area contributed by atoms with Crippen molar-refractivity contribution in [3.63, 3.8) is 0 Å². The van der Waals surface area contributed by atoms with Crippen molar-refractivity contribution in [3.05, 3.63) is 94.5 Å². The molecule has 0 radical (unpaired) electrons.